The highest BCUT2D eigenvalue weighted by Crippen LogP contribution is 2.42. The van der Waals surface area contributed by atoms with Gasteiger partial charge in [-0.1, -0.05) is 0 Å². The number of ether oxygens (including phenoxy) is 32. The quantitative estimate of drug-likeness (QED) is 0.0445. The molecular formula is C64H112O40. The molecule has 40 heteroatoms. The van der Waals surface area contributed by atoms with Crippen molar-refractivity contribution in [3.8, 4) is 0 Å². The highest BCUT2D eigenvalue weighted by Gasteiger charge is 2.62. The molecule has 40 atom stereocenters. The van der Waals surface area contributed by atoms with Gasteiger partial charge in [-0.05, 0) is 0 Å². The molecule has 608 valence electrons. The SMILES string of the molecule is COC[C@H]1O[C@@H]2O[C@H]3[C@H](O)[C@@H](OC)[C@@H](O[C@H]4[C@H](O)[C@@H](OC)[C@@H](O[C@H]5[C@H](O)[C@@H](OC)[C@@H](O[C@H]6[C@H](O)[C@@H](OC)[C@@H](O[C@H]7[C@H](O)[C@@H](OC)[C@@H](O[C@H]8[C@H](O)[C@@H](OC)[C@@H](O[C@H]9[C@H](O)[C@@H](OC)[C@@H](O[C@H]1[C@H](O)[C@H]2OC)O[C@@H]9COC)O[C@@H]8COC)O[C@@H]7COC)O[C@@H]6COC)O[C@@H]5COC)O[C@@H]4COC)O[C@@H]3COC. The molecule has 8 N–H and O–H groups in total. The third-order valence-electron chi connectivity index (χ3n) is 20.1. The van der Waals surface area contributed by atoms with Crippen molar-refractivity contribution in [2.45, 2.75) is 246 Å². The molecule has 30 aliphatic rings. The topological polar surface area (TPSA) is 457 Å². The van der Waals surface area contributed by atoms with E-state index in [1.54, 1.807) is 0 Å². The van der Waals surface area contributed by atoms with Crippen LogP contribution in [0.4, 0.5) is 0 Å². The van der Waals surface area contributed by atoms with Gasteiger partial charge in [-0.3, -0.25) is 0 Å². The van der Waals surface area contributed by atoms with Crippen LogP contribution in [0.1, 0.15) is 0 Å². The normalized spacial score (nSPS) is 48.7. The van der Waals surface area contributed by atoms with Crippen molar-refractivity contribution in [1.82, 2.24) is 0 Å². The molecule has 30 saturated heterocycles. The second-order valence-electron chi connectivity index (χ2n) is 26.3. The summed E-state index contributed by atoms with van der Waals surface area (Å²) in [7, 11) is 21.3. The molecule has 0 unspecified atom stereocenters. The summed E-state index contributed by atoms with van der Waals surface area (Å²) in [6.45, 7) is -2.02. The van der Waals surface area contributed by atoms with E-state index in [9.17, 15) is 40.9 Å². The van der Waals surface area contributed by atoms with E-state index in [1.165, 1.54) is 114 Å². The largest absolute Gasteiger partial charge is 0.387 e. The fraction of sp³-hybridized carbons (Fsp3) is 1.00. The van der Waals surface area contributed by atoms with Gasteiger partial charge < -0.3 is 192 Å². The van der Waals surface area contributed by atoms with Crippen molar-refractivity contribution in [3.05, 3.63) is 0 Å². The molecule has 0 aromatic heterocycles. The lowest BCUT2D eigenvalue weighted by molar-refractivity contribution is -0.407. The summed E-state index contributed by atoms with van der Waals surface area (Å²) in [4.78, 5) is 0. The zero-order valence-electron chi connectivity index (χ0n) is 61.4. The van der Waals surface area contributed by atoms with Gasteiger partial charge in [0.05, 0.1) is 52.9 Å². The van der Waals surface area contributed by atoms with Gasteiger partial charge in [0.25, 0.3) is 0 Å². The van der Waals surface area contributed by atoms with E-state index >= 15 is 0 Å². The van der Waals surface area contributed by atoms with Crippen LogP contribution in [0.25, 0.3) is 0 Å². The first-order valence-corrected chi connectivity index (χ1v) is 34.3. The van der Waals surface area contributed by atoms with Gasteiger partial charge >= 0.3 is 0 Å². The van der Waals surface area contributed by atoms with Crippen molar-refractivity contribution in [2.24, 2.45) is 0 Å². The Morgan fingerprint density at radius 1 is 0.163 bits per heavy atom. The Morgan fingerprint density at radius 3 is 0.337 bits per heavy atom. The number of hydrogen-bond donors (Lipinski definition) is 8. The van der Waals surface area contributed by atoms with Crippen LogP contribution in [0.2, 0.25) is 0 Å². The number of hydrogen-bond acceptors (Lipinski definition) is 40. The molecule has 0 radical (unpaired) electrons. The average Bonchev–Trinajstić information content (AvgIpc) is 0.771. The summed E-state index contributed by atoms with van der Waals surface area (Å²) in [5.74, 6) is 0. The van der Waals surface area contributed by atoms with E-state index in [0.29, 0.717) is 0 Å². The van der Waals surface area contributed by atoms with Gasteiger partial charge in [0.15, 0.2) is 50.3 Å². The van der Waals surface area contributed by atoms with Crippen LogP contribution in [0.3, 0.4) is 0 Å². The Morgan fingerprint density at radius 2 is 0.260 bits per heavy atom. The first-order chi connectivity index (χ1) is 50.2. The summed E-state index contributed by atoms with van der Waals surface area (Å²) < 4.78 is 197. The standard InChI is InChI=1S/C64H112O40/c1-73-17-25-41-33(65)49(81-9)57(89-25)98-42-26(18-74-2)91-59(51(83-11)34(42)66)100-44-28(20-76-4)93-61(53(85-13)36(44)68)102-46-30(22-78-6)95-63(55(87-15)38(46)70)104-48-32(24-80-8)96-64(56(88-16)40(48)72)103-47-31(23-79-7)94-62(54(86-14)39(47)71)101-45-29(21-77-5)92-60(52(84-12)37(45)69)99-43-27(19-75-3)90-58(97-41)50(82-10)35(43)67/h25-72H,17-24H2,1-16H3/t25-,26-,27-,28-,29-,30-,31-,32-,33+,34+,35+,36+,37+,38+,39+,40+,41-,42-,43-,44-,45-,46-,47-,48-,49-,50-,51-,52-,53-,54-,55-,56-,57-,58-,59-,60-,61-,62-,63-,64-/m1/s1. The van der Waals surface area contributed by atoms with Crippen molar-refractivity contribution in [2.75, 3.05) is 167 Å². The van der Waals surface area contributed by atoms with Crippen LogP contribution in [0, 0.1) is 0 Å². The van der Waals surface area contributed by atoms with E-state index < -0.39 is 246 Å². The molecule has 16 bridgehead atoms. The van der Waals surface area contributed by atoms with Crippen LogP contribution in [0.15, 0.2) is 0 Å². The molecule has 30 aliphatic heterocycles. The van der Waals surface area contributed by atoms with E-state index in [-0.39, 0.29) is 52.9 Å². The fourth-order valence-electron chi connectivity index (χ4n) is 15.0. The summed E-state index contributed by atoms with van der Waals surface area (Å²) in [6, 6.07) is 0. The van der Waals surface area contributed by atoms with E-state index in [2.05, 4.69) is 0 Å². The number of rotatable bonds is 24. The Kier molecular flexibility index (Phi) is 33.8. The third-order valence-corrected chi connectivity index (χ3v) is 20.1. The predicted octanol–water partition coefficient (Wildman–Crippen LogP) is -6.94. The molecule has 30 fully saturated rings. The molecule has 0 aliphatic carbocycles. The van der Waals surface area contributed by atoms with Crippen LogP contribution < -0.4 is 0 Å². The maximum absolute atomic E-state index is 12.4. The molecule has 0 aromatic rings. The Labute approximate surface area is 603 Å². The molecule has 0 spiro atoms. The highest BCUT2D eigenvalue weighted by atomic mass is 16.8. The van der Waals surface area contributed by atoms with Crippen molar-refractivity contribution in [3.63, 3.8) is 0 Å². The van der Waals surface area contributed by atoms with Crippen LogP contribution in [-0.2, 0) is 152 Å². The van der Waals surface area contributed by atoms with Gasteiger partial charge in [0, 0.05) is 114 Å². The summed E-state index contributed by atoms with van der Waals surface area (Å²) in [6.07, 6.45) is -57.8. The van der Waals surface area contributed by atoms with E-state index in [1.807, 2.05) is 0 Å². The molecule has 30 rings (SSSR count). The lowest BCUT2D eigenvalue weighted by Crippen LogP contribution is -2.69. The van der Waals surface area contributed by atoms with Gasteiger partial charge in [-0.2, -0.15) is 0 Å². The summed E-state index contributed by atoms with van der Waals surface area (Å²) >= 11 is 0. The first-order valence-electron chi connectivity index (χ1n) is 34.3. The second-order valence-corrected chi connectivity index (χ2v) is 26.3. The number of methoxy groups -OCH3 is 16. The molecule has 0 saturated carbocycles. The van der Waals surface area contributed by atoms with Crippen LogP contribution in [0.5, 0.6) is 0 Å². The van der Waals surface area contributed by atoms with E-state index in [4.69, 9.17) is 152 Å². The molecule has 30 heterocycles. The van der Waals surface area contributed by atoms with Gasteiger partial charge in [0.1, 0.15) is 195 Å². The Bertz CT molecular complexity index is 1950. The number of aliphatic hydroxyl groups excluding tert-OH is 8. The minimum absolute atomic E-state index is 0.253. The Balaban J connectivity index is 1.07. The minimum atomic E-state index is -1.66. The van der Waals surface area contributed by atoms with Crippen molar-refractivity contribution in [1.29, 1.82) is 0 Å². The fourth-order valence-corrected chi connectivity index (χ4v) is 15.0. The lowest BCUT2D eigenvalue weighted by atomic mass is 9.94. The highest BCUT2D eigenvalue weighted by molar-refractivity contribution is 5.04. The average molecular weight is 1520 g/mol. The predicted molar refractivity (Wildman–Crippen MR) is 338 cm³/mol. The zero-order chi connectivity index (χ0) is 75.4. The smallest absolute Gasteiger partial charge is 0.187 e. The van der Waals surface area contributed by atoms with E-state index in [0.717, 1.165) is 0 Å². The van der Waals surface area contributed by atoms with Crippen molar-refractivity contribution >= 4 is 0 Å². The van der Waals surface area contributed by atoms with Crippen LogP contribution in [-0.4, -0.2) is 453 Å². The zero-order valence-corrected chi connectivity index (χ0v) is 61.4. The minimum Gasteiger partial charge on any atom is -0.387 e. The second kappa shape index (κ2) is 40.7. The van der Waals surface area contributed by atoms with Gasteiger partial charge in [-0.15, -0.1) is 0 Å². The first kappa shape index (κ1) is 86.4. The molecular weight excluding hydrogens is 1410 g/mol. The monoisotopic (exact) mass is 1520 g/mol. The van der Waals surface area contributed by atoms with Crippen molar-refractivity contribution < 1.29 is 192 Å². The van der Waals surface area contributed by atoms with Gasteiger partial charge in [0.2, 0.25) is 0 Å². The molecule has 104 heavy (non-hydrogen) atoms. The molecule has 0 amide bonds. The maximum Gasteiger partial charge on any atom is 0.187 e. The third kappa shape index (κ3) is 18.7. The molecule has 40 nitrogen and oxygen atoms in total. The summed E-state index contributed by atoms with van der Waals surface area (Å²) in [5.41, 5.74) is 0. The maximum atomic E-state index is 12.4. The summed E-state index contributed by atoms with van der Waals surface area (Å²) in [5, 5.41) is 99.3. The lowest BCUT2D eigenvalue weighted by Gasteiger charge is -2.52. The molecule has 0 aromatic carbocycles. The van der Waals surface area contributed by atoms with Crippen LogP contribution >= 0.6 is 0 Å². The van der Waals surface area contributed by atoms with Gasteiger partial charge in [-0.25, -0.2) is 0 Å². The number of aliphatic hydroxyl groups is 8. The Hall–Kier alpha value is -1.60.